The lowest BCUT2D eigenvalue weighted by molar-refractivity contribution is 0.219. The van der Waals surface area contributed by atoms with Crippen LogP contribution in [0.2, 0.25) is 10.3 Å². The van der Waals surface area contributed by atoms with Crippen molar-refractivity contribution in [3.05, 3.63) is 82.4 Å². The Bertz CT molecular complexity index is 805. The van der Waals surface area contributed by atoms with E-state index in [9.17, 15) is 5.11 Å². The van der Waals surface area contributed by atoms with Crippen molar-refractivity contribution in [3.8, 4) is 0 Å². The SMILES string of the molecule is CN(c1ccccc1)c1ccc(C(O)c2c(Cl)ncnc2Cl)cc1. The molecule has 0 aliphatic carbocycles. The molecule has 1 heterocycles. The van der Waals surface area contributed by atoms with Crippen molar-refractivity contribution in [2.24, 2.45) is 0 Å². The van der Waals surface area contributed by atoms with Gasteiger partial charge in [-0.3, -0.25) is 0 Å². The number of para-hydroxylation sites is 1. The van der Waals surface area contributed by atoms with Crippen molar-refractivity contribution in [1.29, 1.82) is 0 Å². The fourth-order valence-corrected chi connectivity index (χ4v) is 2.95. The molecule has 1 aromatic heterocycles. The van der Waals surface area contributed by atoms with Gasteiger partial charge in [-0.2, -0.15) is 0 Å². The van der Waals surface area contributed by atoms with Gasteiger partial charge in [0.15, 0.2) is 0 Å². The normalized spacial score (nSPS) is 12.0. The highest BCUT2D eigenvalue weighted by molar-refractivity contribution is 6.34. The van der Waals surface area contributed by atoms with Crippen LogP contribution in [0.5, 0.6) is 0 Å². The van der Waals surface area contributed by atoms with Crippen LogP contribution < -0.4 is 4.90 Å². The molecule has 0 aliphatic heterocycles. The van der Waals surface area contributed by atoms with Crippen LogP contribution in [-0.4, -0.2) is 22.1 Å². The standard InChI is InChI=1S/C18H15Cl2N3O/c1-23(13-5-3-2-4-6-13)14-9-7-12(8-10-14)16(24)15-17(19)21-11-22-18(15)20/h2-11,16,24H,1H3. The maximum atomic E-state index is 10.5. The third-order valence-corrected chi connectivity index (χ3v) is 4.40. The van der Waals surface area contributed by atoms with Crippen molar-refractivity contribution in [2.45, 2.75) is 6.10 Å². The first-order chi connectivity index (χ1) is 11.6. The van der Waals surface area contributed by atoms with Crippen LogP contribution in [0.1, 0.15) is 17.2 Å². The third kappa shape index (κ3) is 3.36. The third-order valence-electron chi connectivity index (χ3n) is 3.80. The molecule has 6 heteroatoms. The zero-order valence-electron chi connectivity index (χ0n) is 12.9. The van der Waals surface area contributed by atoms with Crippen molar-refractivity contribution >= 4 is 34.6 Å². The van der Waals surface area contributed by atoms with Gasteiger partial charge in [-0.05, 0) is 29.8 Å². The minimum absolute atomic E-state index is 0.146. The van der Waals surface area contributed by atoms with E-state index in [0.29, 0.717) is 11.1 Å². The maximum Gasteiger partial charge on any atom is 0.140 e. The number of nitrogens with zero attached hydrogens (tertiary/aromatic N) is 3. The highest BCUT2D eigenvalue weighted by Gasteiger charge is 2.19. The molecule has 3 rings (SSSR count). The number of aromatic nitrogens is 2. The van der Waals surface area contributed by atoms with E-state index in [0.717, 1.165) is 11.4 Å². The molecule has 0 bridgehead atoms. The predicted molar refractivity (Wildman–Crippen MR) is 97.1 cm³/mol. The molecule has 0 radical (unpaired) electrons. The molecule has 4 nitrogen and oxygen atoms in total. The summed E-state index contributed by atoms with van der Waals surface area (Å²) in [5.41, 5.74) is 3.05. The number of benzene rings is 2. The topological polar surface area (TPSA) is 49.2 Å². The summed E-state index contributed by atoms with van der Waals surface area (Å²) in [5, 5.41) is 10.8. The summed E-state index contributed by atoms with van der Waals surface area (Å²) in [6, 6.07) is 17.5. The minimum atomic E-state index is -0.984. The Kier molecular flexibility index (Phi) is 5.00. The fourth-order valence-electron chi connectivity index (χ4n) is 2.43. The largest absolute Gasteiger partial charge is 0.383 e. The summed E-state index contributed by atoms with van der Waals surface area (Å²) < 4.78 is 0. The number of aliphatic hydroxyl groups is 1. The molecule has 1 N–H and O–H groups in total. The molecule has 1 atom stereocenters. The zero-order valence-corrected chi connectivity index (χ0v) is 14.4. The number of hydrogen-bond acceptors (Lipinski definition) is 4. The van der Waals surface area contributed by atoms with Gasteiger partial charge in [0.25, 0.3) is 0 Å². The zero-order chi connectivity index (χ0) is 17.1. The summed E-state index contributed by atoms with van der Waals surface area (Å²) in [6.45, 7) is 0. The van der Waals surface area contributed by atoms with E-state index in [2.05, 4.69) is 14.9 Å². The Hall–Kier alpha value is -2.14. The van der Waals surface area contributed by atoms with E-state index < -0.39 is 6.10 Å². The van der Waals surface area contributed by atoms with E-state index in [-0.39, 0.29) is 10.3 Å². The first-order valence-electron chi connectivity index (χ1n) is 7.30. The second-order valence-corrected chi connectivity index (χ2v) is 5.97. The van der Waals surface area contributed by atoms with Gasteiger partial charge in [-0.1, -0.05) is 53.5 Å². The summed E-state index contributed by atoms with van der Waals surface area (Å²) in [5.74, 6) is 0. The summed E-state index contributed by atoms with van der Waals surface area (Å²) in [6.07, 6.45) is 0.279. The Morgan fingerprint density at radius 1 is 0.875 bits per heavy atom. The van der Waals surface area contributed by atoms with E-state index in [1.165, 1.54) is 6.33 Å². The molecule has 2 aromatic carbocycles. The Morgan fingerprint density at radius 2 is 1.42 bits per heavy atom. The van der Waals surface area contributed by atoms with Crippen LogP contribution in [0.4, 0.5) is 11.4 Å². The number of anilines is 2. The Balaban J connectivity index is 1.87. The fraction of sp³-hybridized carbons (Fsp3) is 0.111. The molecule has 0 amide bonds. The van der Waals surface area contributed by atoms with Crippen LogP contribution in [0.25, 0.3) is 0 Å². The second-order valence-electron chi connectivity index (χ2n) is 5.26. The molecule has 24 heavy (non-hydrogen) atoms. The Labute approximate surface area is 150 Å². The molecule has 0 saturated heterocycles. The average Bonchev–Trinajstić information content (AvgIpc) is 2.62. The summed E-state index contributed by atoms with van der Waals surface area (Å²) in [4.78, 5) is 9.80. The van der Waals surface area contributed by atoms with Gasteiger partial charge < -0.3 is 10.0 Å². The first kappa shape index (κ1) is 16.7. The van der Waals surface area contributed by atoms with Crippen LogP contribution in [0.3, 0.4) is 0 Å². The van der Waals surface area contributed by atoms with Gasteiger partial charge >= 0.3 is 0 Å². The molecule has 122 valence electrons. The van der Waals surface area contributed by atoms with Crippen LogP contribution in [0.15, 0.2) is 60.9 Å². The van der Waals surface area contributed by atoms with E-state index >= 15 is 0 Å². The van der Waals surface area contributed by atoms with Crippen molar-refractivity contribution in [2.75, 3.05) is 11.9 Å². The second kappa shape index (κ2) is 7.18. The van der Waals surface area contributed by atoms with Crippen LogP contribution >= 0.6 is 23.2 Å². The van der Waals surface area contributed by atoms with Crippen molar-refractivity contribution in [1.82, 2.24) is 9.97 Å². The van der Waals surface area contributed by atoms with Crippen molar-refractivity contribution < 1.29 is 5.11 Å². The van der Waals surface area contributed by atoms with Gasteiger partial charge in [0.2, 0.25) is 0 Å². The van der Waals surface area contributed by atoms with Crippen molar-refractivity contribution in [3.63, 3.8) is 0 Å². The lowest BCUT2D eigenvalue weighted by Crippen LogP contribution is -2.09. The molecule has 3 aromatic rings. The molecule has 0 spiro atoms. The number of halogens is 2. The number of hydrogen-bond donors (Lipinski definition) is 1. The molecule has 0 saturated carbocycles. The number of rotatable bonds is 4. The number of aliphatic hydroxyl groups excluding tert-OH is 1. The molecule has 0 aliphatic rings. The Morgan fingerprint density at radius 3 is 2.00 bits per heavy atom. The van der Waals surface area contributed by atoms with E-state index in [4.69, 9.17) is 23.2 Å². The van der Waals surface area contributed by atoms with Crippen LogP contribution in [-0.2, 0) is 0 Å². The average molecular weight is 360 g/mol. The molecule has 0 fully saturated rings. The van der Waals surface area contributed by atoms with E-state index in [1.54, 1.807) is 0 Å². The van der Waals surface area contributed by atoms with Gasteiger partial charge in [-0.25, -0.2) is 9.97 Å². The highest BCUT2D eigenvalue weighted by atomic mass is 35.5. The maximum absolute atomic E-state index is 10.5. The summed E-state index contributed by atoms with van der Waals surface area (Å²) >= 11 is 12.1. The molecular formula is C18H15Cl2N3O. The van der Waals surface area contributed by atoms with Gasteiger partial charge in [0.1, 0.15) is 22.7 Å². The lowest BCUT2D eigenvalue weighted by Gasteiger charge is -2.20. The van der Waals surface area contributed by atoms with Crippen LogP contribution in [0, 0.1) is 0 Å². The highest BCUT2D eigenvalue weighted by Crippen LogP contribution is 2.32. The predicted octanol–water partition coefficient (Wildman–Crippen LogP) is 4.63. The first-order valence-corrected chi connectivity index (χ1v) is 8.06. The smallest absolute Gasteiger partial charge is 0.140 e. The monoisotopic (exact) mass is 359 g/mol. The van der Waals surface area contributed by atoms with Gasteiger partial charge in [0, 0.05) is 18.4 Å². The molecule has 1 unspecified atom stereocenters. The molecular weight excluding hydrogens is 345 g/mol. The summed E-state index contributed by atoms with van der Waals surface area (Å²) in [7, 11) is 1.99. The van der Waals surface area contributed by atoms with Gasteiger partial charge in [0.05, 0.1) is 5.56 Å². The lowest BCUT2D eigenvalue weighted by atomic mass is 10.0. The quantitative estimate of drug-likeness (QED) is 0.689. The van der Waals surface area contributed by atoms with E-state index in [1.807, 2.05) is 61.6 Å². The van der Waals surface area contributed by atoms with Gasteiger partial charge in [-0.15, -0.1) is 0 Å². The minimum Gasteiger partial charge on any atom is -0.383 e.